The first-order chi connectivity index (χ1) is 12.8. The maximum Gasteiger partial charge on any atom is 0.338 e. The third-order valence-corrected chi connectivity index (χ3v) is 3.59. The molecule has 3 aromatic rings. The minimum Gasteiger partial charge on any atom is -0.494 e. The van der Waals surface area contributed by atoms with Crippen LogP contribution in [0.1, 0.15) is 23.7 Å². The molecule has 134 valence electrons. The standard InChI is InChI=1S/C20H20N2O4/c1-2-11-24-16-4-6-17(7-5-16)25-12-13-26-20(23)15-3-8-18-19(14-15)22-10-9-21-18/h3-10,14H,2,11-13H2,1H3. The molecule has 0 saturated carbocycles. The Kier molecular flexibility index (Phi) is 5.98. The maximum atomic E-state index is 12.1. The molecule has 0 unspecified atom stereocenters. The van der Waals surface area contributed by atoms with Crippen LogP contribution in [0.4, 0.5) is 0 Å². The normalized spacial score (nSPS) is 10.5. The van der Waals surface area contributed by atoms with E-state index >= 15 is 0 Å². The van der Waals surface area contributed by atoms with Crippen LogP contribution in [0.15, 0.2) is 54.9 Å². The second-order valence-electron chi connectivity index (χ2n) is 5.56. The lowest BCUT2D eigenvalue weighted by atomic mass is 10.2. The first kappa shape index (κ1) is 17.7. The van der Waals surface area contributed by atoms with Gasteiger partial charge in [-0.3, -0.25) is 9.97 Å². The van der Waals surface area contributed by atoms with Crippen LogP contribution in [0.2, 0.25) is 0 Å². The Morgan fingerprint density at radius 3 is 2.19 bits per heavy atom. The van der Waals surface area contributed by atoms with Crippen LogP contribution in [0.3, 0.4) is 0 Å². The molecule has 1 heterocycles. The summed E-state index contributed by atoms with van der Waals surface area (Å²) in [5.74, 6) is 1.10. The fourth-order valence-electron chi connectivity index (χ4n) is 2.32. The zero-order valence-corrected chi connectivity index (χ0v) is 14.6. The summed E-state index contributed by atoms with van der Waals surface area (Å²) in [5.41, 5.74) is 1.83. The molecule has 0 saturated heterocycles. The Labute approximate surface area is 151 Å². The number of esters is 1. The lowest BCUT2D eigenvalue weighted by molar-refractivity contribution is 0.0450. The number of aromatic nitrogens is 2. The molecule has 0 spiro atoms. The number of benzene rings is 2. The van der Waals surface area contributed by atoms with Crippen molar-refractivity contribution in [3.05, 3.63) is 60.4 Å². The average Bonchev–Trinajstić information content (AvgIpc) is 2.70. The van der Waals surface area contributed by atoms with E-state index < -0.39 is 5.97 Å². The van der Waals surface area contributed by atoms with Crippen molar-refractivity contribution in [3.8, 4) is 11.5 Å². The number of hydrogen-bond acceptors (Lipinski definition) is 6. The highest BCUT2D eigenvalue weighted by atomic mass is 16.6. The van der Waals surface area contributed by atoms with Gasteiger partial charge in [-0.05, 0) is 48.9 Å². The zero-order valence-electron chi connectivity index (χ0n) is 14.6. The van der Waals surface area contributed by atoms with Gasteiger partial charge in [-0.15, -0.1) is 0 Å². The Morgan fingerprint density at radius 1 is 0.846 bits per heavy atom. The van der Waals surface area contributed by atoms with Gasteiger partial charge < -0.3 is 14.2 Å². The summed E-state index contributed by atoms with van der Waals surface area (Å²) in [5, 5.41) is 0. The summed E-state index contributed by atoms with van der Waals surface area (Å²) in [6.07, 6.45) is 4.16. The van der Waals surface area contributed by atoms with Crippen molar-refractivity contribution in [3.63, 3.8) is 0 Å². The summed E-state index contributed by atoms with van der Waals surface area (Å²) >= 11 is 0. The molecule has 2 aromatic carbocycles. The van der Waals surface area contributed by atoms with Crippen molar-refractivity contribution in [2.24, 2.45) is 0 Å². The fourth-order valence-corrected chi connectivity index (χ4v) is 2.32. The van der Waals surface area contributed by atoms with E-state index in [2.05, 4.69) is 16.9 Å². The van der Waals surface area contributed by atoms with Crippen molar-refractivity contribution >= 4 is 17.0 Å². The van der Waals surface area contributed by atoms with Gasteiger partial charge in [0.25, 0.3) is 0 Å². The van der Waals surface area contributed by atoms with Crippen molar-refractivity contribution in [2.75, 3.05) is 19.8 Å². The van der Waals surface area contributed by atoms with E-state index in [9.17, 15) is 4.79 Å². The Morgan fingerprint density at radius 2 is 1.50 bits per heavy atom. The zero-order chi connectivity index (χ0) is 18.2. The number of carbonyl (C=O) groups excluding carboxylic acids is 1. The van der Waals surface area contributed by atoms with Gasteiger partial charge >= 0.3 is 5.97 Å². The molecule has 6 nitrogen and oxygen atoms in total. The highest BCUT2D eigenvalue weighted by molar-refractivity contribution is 5.93. The van der Waals surface area contributed by atoms with Crippen molar-refractivity contribution in [1.82, 2.24) is 9.97 Å². The van der Waals surface area contributed by atoms with Gasteiger partial charge in [-0.25, -0.2) is 4.79 Å². The molecule has 0 radical (unpaired) electrons. The number of nitrogens with zero attached hydrogens (tertiary/aromatic N) is 2. The molecular formula is C20H20N2O4. The molecule has 0 aliphatic rings. The van der Waals surface area contributed by atoms with Crippen LogP contribution in [-0.4, -0.2) is 35.8 Å². The van der Waals surface area contributed by atoms with E-state index in [-0.39, 0.29) is 13.2 Å². The van der Waals surface area contributed by atoms with Gasteiger partial charge in [0, 0.05) is 12.4 Å². The van der Waals surface area contributed by atoms with E-state index in [1.165, 1.54) is 0 Å². The first-order valence-corrected chi connectivity index (χ1v) is 8.50. The third kappa shape index (κ3) is 4.69. The Bertz CT molecular complexity index is 865. The van der Waals surface area contributed by atoms with Gasteiger partial charge in [0.05, 0.1) is 23.2 Å². The molecule has 0 aliphatic carbocycles. The van der Waals surface area contributed by atoms with Gasteiger partial charge in [-0.2, -0.15) is 0 Å². The largest absolute Gasteiger partial charge is 0.494 e. The van der Waals surface area contributed by atoms with Crippen LogP contribution in [0, 0.1) is 0 Å². The van der Waals surface area contributed by atoms with E-state index in [1.54, 1.807) is 30.6 Å². The van der Waals surface area contributed by atoms with Gasteiger partial charge in [0.15, 0.2) is 0 Å². The topological polar surface area (TPSA) is 70.5 Å². The highest BCUT2D eigenvalue weighted by Crippen LogP contribution is 2.17. The lowest BCUT2D eigenvalue weighted by Gasteiger charge is -2.09. The van der Waals surface area contributed by atoms with Gasteiger partial charge in [-0.1, -0.05) is 6.92 Å². The summed E-state index contributed by atoms with van der Waals surface area (Å²) in [6, 6.07) is 12.5. The molecule has 0 fully saturated rings. The summed E-state index contributed by atoms with van der Waals surface area (Å²) in [4.78, 5) is 20.5. The van der Waals surface area contributed by atoms with Crippen LogP contribution in [0.25, 0.3) is 11.0 Å². The second kappa shape index (κ2) is 8.80. The first-order valence-electron chi connectivity index (χ1n) is 8.50. The predicted octanol–water partition coefficient (Wildman–Crippen LogP) is 3.65. The minimum absolute atomic E-state index is 0.158. The number of rotatable bonds is 8. The summed E-state index contributed by atoms with van der Waals surface area (Å²) in [6.45, 7) is 3.18. The van der Waals surface area contributed by atoms with E-state index in [0.29, 0.717) is 23.4 Å². The van der Waals surface area contributed by atoms with Gasteiger partial charge in [0.2, 0.25) is 0 Å². The minimum atomic E-state index is -0.413. The van der Waals surface area contributed by atoms with E-state index in [1.807, 2.05) is 24.3 Å². The highest BCUT2D eigenvalue weighted by Gasteiger charge is 2.08. The molecule has 0 amide bonds. The smallest absolute Gasteiger partial charge is 0.338 e. The van der Waals surface area contributed by atoms with Crippen molar-refractivity contribution < 1.29 is 19.0 Å². The molecule has 6 heteroatoms. The second-order valence-corrected chi connectivity index (χ2v) is 5.56. The number of fused-ring (bicyclic) bond motifs is 1. The molecular weight excluding hydrogens is 332 g/mol. The Hall–Kier alpha value is -3.15. The molecule has 26 heavy (non-hydrogen) atoms. The Balaban J connectivity index is 1.45. The van der Waals surface area contributed by atoms with Crippen LogP contribution < -0.4 is 9.47 Å². The lowest BCUT2D eigenvalue weighted by Crippen LogP contribution is -2.12. The molecule has 0 bridgehead atoms. The molecule has 0 N–H and O–H groups in total. The molecule has 3 rings (SSSR count). The average molecular weight is 352 g/mol. The maximum absolute atomic E-state index is 12.1. The van der Waals surface area contributed by atoms with E-state index in [0.717, 1.165) is 17.7 Å². The monoisotopic (exact) mass is 352 g/mol. The number of ether oxygens (including phenoxy) is 3. The van der Waals surface area contributed by atoms with E-state index in [4.69, 9.17) is 14.2 Å². The summed E-state index contributed by atoms with van der Waals surface area (Å²) in [7, 11) is 0. The number of hydrogen-bond donors (Lipinski definition) is 0. The number of carbonyl (C=O) groups is 1. The predicted molar refractivity (Wildman–Crippen MR) is 97.5 cm³/mol. The van der Waals surface area contributed by atoms with Crippen LogP contribution in [0.5, 0.6) is 11.5 Å². The molecule has 0 aliphatic heterocycles. The third-order valence-electron chi connectivity index (χ3n) is 3.59. The summed E-state index contributed by atoms with van der Waals surface area (Å²) < 4.78 is 16.3. The van der Waals surface area contributed by atoms with Crippen molar-refractivity contribution in [1.29, 1.82) is 0 Å². The quantitative estimate of drug-likeness (QED) is 0.455. The van der Waals surface area contributed by atoms with Crippen molar-refractivity contribution in [2.45, 2.75) is 13.3 Å². The van der Waals surface area contributed by atoms with Crippen LogP contribution in [-0.2, 0) is 4.74 Å². The molecule has 1 aromatic heterocycles. The van der Waals surface area contributed by atoms with Crippen LogP contribution >= 0.6 is 0 Å². The molecule has 0 atom stereocenters. The SMILES string of the molecule is CCCOc1ccc(OCCOC(=O)c2ccc3nccnc3c2)cc1. The fraction of sp³-hybridized carbons (Fsp3) is 0.250. The van der Waals surface area contributed by atoms with Gasteiger partial charge in [0.1, 0.15) is 24.7 Å².